The van der Waals surface area contributed by atoms with Crippen LogP contribution in [-0.2, 0) is 0 Å². The predicted molar refractivity (Wildman–Crippen MR) is 79.4 cm³/mol. The summed E-state index contributed by atoms with van der Waals surface area (Å²) >= 11 is 0. The molecule has 0 aliphatic carbocycles. The molecule has 1 N–H and O–H groups in total. The maximum atomic E-state index is 12.6. The van der Waals surface area contributed by atoms with Crippen molar-refractivity contribution in [3.8, 4) is 11.8 Å². The lowest BCUT2D eigenvalue weighted by Gasteiger charge is -2.39. The third-order valence-corrected chi connectivity index (χ3v) is 3.87. The fourth-order valence-corrected chi connectivity index (χ4v) is 2.81. The molecular weight excluding hydrogens is 250 g/mol. The maximum absolute atomic E-state index is 12.6. The molecule has 20 heavy (non-hydrogen) atoms. The van der Waals surface area contributed by atoms with Gasteiger partial charge in [-0.15, -0.1) is 0 Å². The summed E-state index contributed by atoms with van der Waals surface area (Å²) in [7, 11) is 0. The van der Waals surface area contributed by atoms with Crippen molar-refractivity contribution in [1.29, 1.82) is 0 Å². The van der Waals surface area contributed by atoms with Crippen LogP contribution in [0.4, 0.5) is 0 Å². The van der Waals surface area contributed by atoms with Crippen molar-refractivity contribution in [2.75, 3.05) is 6.61 Å². The molecule has 1 fully saturated rings. The van der Waals surface area contributed by atoms with Crippen molar-refractivity contribution >= 4 is 5.91 Å². The van der Waals surface area contributed by atoms with Crippen LogP contribution in [0, 0.1) is 11.8 Å². The summed E-state index contributed by atoms with van der Waals surface area (Å²) in [5.74, 6) is 5.54. The molecule has 0 bridgehead atoms. The largest absolute Gasteiger partial charge is 0.384 e. The molecule has 0 radical (unpaired) electrons. The van der Waals surface area contributed by atoms with E-state index in [1.807, 2.05) is 29.2 Å². The van der Waals surface area contributed by atoms with Gasteiger partial charge in [-0.25, -0.2) is 0 Å². The van der Waals surface area contributed by atoms with Crippen LogP contribution >= 0.6 is 0 Å². The molecule has 1 aromatic rings. The van der Waals surface area contributed by atoms with Gasteiger partial charge < -0.3 is 10.0 Å². The first kappa shape index (κ1) is 14.6. The molecule has 0 unspecified atom stereocenters. The second-order valence-electron chi connectivity index (χ2n) is 5.38. The molecule has 3 nitrogen and oxygen atoms in total. The third kappa shape index (κ3) is 3.20. The summed E-state index contributed by atoms with van der Waals surface area (Å²) in [5.41, 5.74) is 1.52. The molecule has 2 atom stereocenters. The van der Waals surface area contributed by atoms with Crippen LogP contribution in [-0.4, -0.2) is 34.6 Å². The first-order chi connectivity index (χ1) is 9.63. The number of hydrogen-bond acceptors (Lipinski definition) is 2. The molecular formula is C17H21NO2. The third-order valence-electron chi connectivity index (χ3n) is 3.87. The van der Waals surface area contributed by atoms with Crippen LogP contribution < -0.4 is 0 Å². The summed E-state index contributed by atoms with van der Waals surface area (Å²) in [5, 5.41) is 8.66. The lowest BCUT2D eigenvalue weighted by Crippen LogP contribution is -2.47. The number of amides is 1. The molecule has 1 saturated heterocycles. The number of aliphatic hydroxyl groups excluding tert-OH is 1. The molecule has 1 aliphatic rings. The van der Waals surface area contributed by atoms with Crippen molar-refractivity contribution in [3.63, 3.8) is 0 Å². The lowest BCUT2D eigenvalue weighted by atomic mass is 9.96. The number of piperidine rings is 1. The van der Waals surface area contributed by atoms with Gasteiger partial charge in [0.1, 0.15) is 6.61 Å². The Morgan fingerprint density at radius 2 is 1.85 bits per heavy atom. The molecule has 3 heteroatoms. The highest BCUT2D eigenvalue weighted by Crippen LogP contribution is 2.24. The summed E-state index contributed by atoms with van der Waals surface area (Å²) in [6.07, 6.45) is 3.36. The number of hydrogen-bond donors (Lipinski definition) is 1. The average Bonchev–Trinajstić information content (AvgIpc) is 2.45. The Kier molecular flexibility index (Phi) is 4.81. The van der Waals surface area contributed by atoms with E-state index in [0.29, 0.717) is 17.6 Å². The van der Waals surface area contributed by atoms with Gasteiger partial charge in [-0.2, -0.15) is 0 Å². The smallest absolute Gasteiger partial charge is 0.254 e. The standard InChI is InChI=1S/C17H21NO2/c1-13-5-3-6-14(2)18(13)17(20)16-10-8-15(9-11-16)7-4-12-19/h8-11,13-14,19H,3,5-6,12H2,1-2H3/t13-,14+. The second kappa shape index (κ2) is 6.58. The Bertz CT molecular complexity index is 514. The number of benzene rings is 1. The molecule has 0 aromatic heterocycles. The van der Waals surface area contributed by atoms with Crippen LogP contribution in [0.5, 0.6) is 0 Å². The van der Waals surface area contributed by atoms with Gasteiger partial charge in [-0.05, 0) is 57.4 Å². The molecule has 1 aliphatic heterocycles. The Hall–Kier alpha value is -1.79. The number of likely N-dealkylation sites (tertiary alicyclic amines) is 1. The van der Waals surface area contributed by atoms with E-state index in [1.54, 1.807) is 0 Å². The minimum atomic E-state index is -0.149. The van der Waals surface area contributed by atoms with E-state index < -0.39 is 0 Å². The van der Waals surface area contributed by atoms with Gasteiger partial charge >= 0.3 is 0 Å². The lowest BCUT2D eigenvalue weighted by molar-refractivity contribution is 0.0511. The van der Waals surface area contributed by atoms with E-state index in [9.17, 15) is 4.79 Å². The van der Waals surface area contributed by atoms with Gasteiger partial charge in [0.05, 0.1) is 0 Å². The number of rotatable bonds is 1. The molecule has 2 rings (SSSR count). The topological polar surface area (TPSA) is 40.5 Å². The average molecular weight is 271 g/mol. The van der Waals surface area contributed by atoms with E-state index in [1.165, 1.54) is 6.42 Å². The molecule has 1 amide bonds. The molecule has 1 aromatic carbocycles. The van der Waals surface area contributed by atoms with E-state index in [4.69, 9.17) is 5.11 Å². The van der Waals surface area contributed by atoms with Gasteiger partial charge in [-0.1, -0.05) is 11.8 Å². The SMILES string of the molecule is C[C@@H]1CCC[C@H](C)N1C(=O)c1ccc(C#CCO)cc1. The van der Waals surface area contributed by atoms with Crippen LogP contribution in [0.2, 0.25) is 0 Å². The first-order valence-corrected chi connectivity index (χ1v) is 7.16. The van der Waals surface area contributed by atoms with Gasteiger partial charge in [0, 0.05) is 23.2 Å². The molecule has 106 valence electrons. The Morgan fingerprint density at radius 1 is 1.25 bits per heavy atom. The highest BCUT2D eigenvalue weighted by atomic mass is 16.2. The van der Waals surface area contributed by atoms with Gasteiger partial charge in [-0.3, -0.25) is 4.79 Å². The molecule has 0 spiro atoms. The Balaban J connectivity index is 2.16. The van der Waals surface area contributed by atoms with Gasteiger partial charge in [0.15, 0.2) is 0 Å². The first-order valence-electron chi connectivity index (χ1n) is 7.16. The zero-order chi connectivity index (χ0) is 14.5. The van der Waals surface area contributed by atoms with Gasteiger partial charge in [0.25, 0.3) is 5.91 Å². The monoisotopic (exact) mass is 271 g/mol. The molecule has 0 saturated carbocycles. The van der Waals surface area contributed by atoms with Crippen molar-refractivity contribution in [2.24, 2.45) is 0 Å². The highest BCUT2D eigenvalue weighted by molar-refractivity contribution is 5.94. The van der Waals surface area contributed by atoms with E-state index >= 15 is 0 Å². The van der Waals surface area contributed by atoms with Crippen LogP contribution in [0.3, 0.4) is 0 Å². The van der Waals surface area contributed by atoms with Crippen molar-refractivity contribution < 1.29 is 9.90 Å². The van der Waals surface area contributed by atoms with Crippen LogP contribution in [0.1, 0.15) is 49.0 Å². The Labute approximate surface area is 120 Å². The van der Waals surface area contributed by atoms with E-state index in [-0.39, 0.29) is 12.5 Å². The maximum Gasteiger partial charge on any atom is 0.254 e. The summed E-state index contributed by atoms with van der Waals surface area (Å²) in [6.45, 7) is 4.09. The van der Waals surface area contributed by atoms with E-state index in [2.05, 4.69) is 25.7 Å². The zero-order valence-electron chi connectivity index (χ0n) is 12.1. The molecule has 1 heterocycles. The Morgan fingerprint density at radius 3 is 2.40 bits per heavy atom. The van der Waals surface area contributed by atoms with Gasteiger partial charge in [0.2, 0.25) is 0 Å². The summed E-state index contributed by atoms with van der Waals surface area (Å²) in [6, 6.07) is 7.90. The quantitative estimate of drug-likeness (QED) is 0.797. The zero-order valence-corrected chi connectivity index (χ0v) is 12.1. The predicted octanol–water partition coefficient (Wildman–Crippen LogP) is 2.43. The van der Waals surface area contributed by atoms with Crippen molar-refractivity contribution in [3.05, 3.63) is 35.4 Å². The van der Waals surface area contributed by atoms with Crippen molar-refractivity contribution in [2.45, 2.75) is 45.2 Å². The van der Waals surface area contributed by atoms with Crippen molar-refractivity contribution in [1.82, 2.24) is 4.90 Å². The summed E-state index contributed by atoms with van der Waals surface area (Å²) in [4.78, 5) is 14.6. The second-order valence-corrected chi connectivity index (χ2v) is 5.38. The minimum absolute atomic E-state index is 0.103. The fraction of sp³-hybridized carbons (Fsp3) is 0.471. The van der Waals surface area contributed by atoms with E-state index in [0.717, 1.165) is 18.4 Å². The highest BCUT2D eigenvalue weighted by Gasteiger charge is 2.29. The fourth-order valence-electron chi connectivity index (χ4n) is 2.81. The number of aliphatic hydroxyl groups is 1. The van der Waals surface area contributed by atoms with Crippen LogP contribution in [0.15, 0.2) is 24.3 Å². The normalized spacial score (nSPS) is 22.1. The number of carbonyl (C=O) groups excluding carboxylic acids is 1. The number of nitrogens with zero attached hydrogens (tertiary/aromatic N) is 1. The number of carbonyl (C=O) groups is 1. The summed E-state index contributed by atoms with van der Waals surface area (Å²) < 4.78 is 0. The minimum Gasteiger partial charge on any atom is -0.384 e. The van der Waals surface area contributed by atoms with Crippen LogP contribution in [0.25, 0.3) is 0 Å².